The number of carbonyl (C=O) groups excluding carboxylic acids is 1. The van der Waals surface area contributed by atoms with Gasteiger partial charge >= 0.3 is 0 Å². The van der Waals surface area contributed by atoms with Crippen molar-refractivity contribution in [2.75, 3.05) is 5.32 Å². The first-order valence-corrected chi connectivity index (χ1v) is 9.46. The SMILES string of the molecule is C=CC1(c2cc(NC(=O)c3ccc(C#N)cn3)ccc2F)N=C(N)SC(C)C1F. The number of nitriles is 1. The van der Waals surface area contributed by atoms with Gasteiger partial charge in [-0.05, 0) is 37.3 Å². The molecule has 1 aliphatic heterocycles. The summed E-state index contributed by atoms with van der Waals surface area (Å²) in [5.41, 5.74) is 4.65. The van der Waals surface area contributed by atoms with Gasteiger partial charge in [-0.3, -0.25) is 4.79 Å². The molecule has 1 aromatic carbocycles. The fourth-order valence-corrected chi connectivity index (χ4v) is 3.97. The van der Waals surface area contributed by atoms with Gasteiger partial charge in [-0.2, -0.15) is 5.26 Å². The first-order valence-electron chi connectivity index (χ1n) is 8.58. The van der Waals surface area contributed by atoms with Crippen molar-refractivity contribution < 1.29 is 13.6 Å². The molecule has 0 radical (unpaired) electrons. The second kappa shape index (κ2) is 8.01. The van der Waals surface area contributed by atoms with Gasteiger partial charge in [-0.25, -0.2) is 18.8 Å². The van der Waals surface area contributed by atoms with E-state index in [0.717, 1.165) is 17.8 Å². The van der Waals surface area contributed by atoms with Gasteiger partial charge in [-0.1, -0.05) is 17.8 Å². The van der Waals surface area contributed by atoms with Crippen LogP contribution in [0.3, 0.4) is 0 Å². The molecule has 0 aliphatic carbocycles. The molecule has 0 saturated heterocycles. The maximum absolute atomic E-state index is 15.1. The van der Waals surface area contributed by atoms with Crippen molar-refractivity contribution in [2.45, 2.75) is 23.9 Å². The highest BCUT2D eigenvalue weighted by atomic mass is 32.2. The lowest BCUT2D eigenvalue weighted by Gasteiger charge is -2.37. The molecule has 1 amide bonds. The average Bonchev–Trinajstić information content (AvgIpc) is 2.72. The molecule has 9 heteroatoms. The highest BCUT2D eigenvalue weighted by Gasteiger charge is 2.47. The number of aromatic nitrogens is 1. The Balaban J connectivity index is 1.97. The molecule has 3 N–H and O–H groups in total. The molecule has 2 aromatic rings. The maximum atomic E-state index is 15.1. The summed E-state index contributed by atoms with van der Waals surface area (Å²) in [6, 6.07) is 8.53. The highest BCUT2D eigenvalue weighted by Crippen LogP contribution is 2.43. The van der Waals surface area contributed by atoms with E-state index in [2.05, 4.69) is 21.9 Å². The van der Waals surface area contributed by atoms with Crippen LogP contribution in [0.25, 0.3) is 0 Å². The van der Waals surface area contributed by atoms with Crippen LogP contribution in [-0.2, 0) is 5.54 Å². The van der Waals surface area contributed by atoms with Gasteiger partial charge in [0.1, 0.15) is 29.3 Å². The molecule has 0 spiro atoms. The van der Waals surface area contributed by atoms with Gasteiger partial charge < -0.3 is 11.1 Å². The van der Waals surface area contributed by atoms with Gasteiger partial charge in [0, 0.05) is 22.7 Å². The summed E-state index contributed by atoms with van der Waals surface area (Å²) in [5, 5.41) is 11.0. The van der Waals surface area contributed by atoms with E-state index in [1.165, 1.54) is 36.5 Å². The van der Waals surface area contributed by atoms with Gasteiger partial charge in [0.25, 0.3) is 5.91 Å². The van der Waals surface area contributed by atoms with Crippen LogP contribution in [0.4, 0.5) is 14.5 Å². The number of hydrogen-bond acceptors (Lipinski definition) is 6. The normalized spacial score (nSPS) is 23.6. The van der Waals surface area contributed by atoms with Crippen LogP contribution < -0.4 is 11.1 Å². The van der Waals surface area contributed by atoms with E-state index in [1.807, 2.05) is 6.07 Å². The summed E-state index contributed by atoms with van der Waals surface area (Å²) >= 11 is 1.06. The molecule has 0 bridgehead atoms. The van der Waals surface area contributed by atoms with Crippen LogP contribution in [0.5, 0.6) is 0 Å². The Hall–Kier alpha value is -3.25. The number of anilines is 1. The van der Waals surface area contributed by atoms with Crippen LogP contribution in [-0.4, -0.2) is 27.5 Å². The first-order chi connectivity index (χ1) is 13.8. The van der Waals surface area contributed by atoms with E-state index >= 15 is 4.39 Å². The molecule has 3 unspecified atom stereocenters. The van der Waals surface area contributed by atoms with Crippen molar-refractivity contribution >= 4 is 28.5 Å². The zero-order valence-corrected chi connectivity index (χ0v) is 16.2. The van der Waals surface area contributed by atoms with Crippen molar-refractivity contribution in [3.8, 4) is 6.07 Å². The van der Waals surface area contributed by atoms with E-state index in [0.29, 0.717) is 5.56 Å². The lowest BCUT2D eigenvalue weighted by Crippen LogP contribution is -2.45. The van der Waals surface area contributed by atoms with E-state index in [1.54, 1.807) is 6.92 Å². The second-order valence-corrected chi connectivity index (χ2v) is 7.79. The van der Waals surface area contributed by atoms with Crippen LogP contribution >= 0.6 is 11.8 Å². The number of halogens is 2. The number of nitrogens with zero attached hydrogens (tertiary/aromatic N) is 3. The smallest absolute Gasteiger partial charge is 0.274 e. The summed E-state index contributed by atoms with van der Waals surface area (Å²) in [4.78, 5) is 20.5. The van der Waals surface area contributed by atoms with Crippen molar-refractivity contribution in [1.29, 1.82) is 5.26 Å². The minimum Gasteiger partial charge on any atom is -0.378 e. The molecular formula is C20H17F2N5OS. The first kappa shape index (κ1) is 20.5. The molecule has 1 aliphatic rings. The number of nitrogens with one attached hydrogen (secondary N) is 1. The Morgan fingerprint density at radius 1 is 1.45 bits per heavy atom. The summed E-state index contributed by atoms with van der Waals surface area (Å²) in [7, 11) is 0. The summed E-state index contributed by atoms with van der Waals surface area (Å²) in [6.07, 6.45) is 0.926. The largest absolute Gasteiger partial charge is 0.378 e. The maximum Gasteiger partial charge on any atom is 0.274 e. The fraction of sp³-hybridized carbons (Fsp3) is 0.200. The van der Waals surface area contributed by atoms with Gasteiger partial charge in [0.15, 0.2) is 5.17 Å². The van der Waals surface area contributed by atoms with Crippen molar-refractivity contribution in [2.24, 2.45) is 10.7 Å². The van der Waals surface area contributed by atoms with E-state index in [9.17, 15) is 9.18 Å². The number of hydrogen-bond donors (Lipinski definition) is 2. The molecule has 148 valence electrons. The summed E-state index contributed by atoms with van der Waals surface area (Å²) < 4.78 is 29.8. The quantitative estimate of drug-likeness (QED) is 0.747. The van der Waals surface area contributed by atoms with Crippen molar-refractivity contribution in [3.05, 3.63) is 71.8 Å². The van der Waals surface area contributed by atoms with Gasteiger partial charge in [0.2, 0.25) is 0 Å². The van der Waals surface area contributed by atoms with Crippen molar-refractivity contribution in [1.82, 2.24) is 4.98 Å². The molecule has 0 saturated carbocycles. The number of alkyl halides is 1. The minimum absolute atomic E-state index is 0.0710. The van der Waals surface area contributed by atoms with E-state index in [4.69, 9.17) is 11.0 Å². The number of carbonyl (C=O) groups is 1. The van der Waals surface area contributed by atoms with Gasteiger partial charge in [-0.15, -0.1) is 6.58 Å². The standard InChI is InChI=1S/C20H17F2N5OS/c1-3-20(17(22)11(2)29-19(24)27-20)14-8-13(5-6-15(14)21)26-18(28)16-7-4-12(9-23)10-25-16/h3-8,10-11,17H,1H2,2H3,(H2,24,27)(H,26,28). The molecular weight excluding hydrogens is 396 g/mol. The van der Waals surface area contributed by atoms with Crippen LogP contribution in [0.1, 0.15) is 28.5 Å². The molecule has 3 rings (SSSR count). The number of rotatable bonds is 4. The zero-order valence-electron chi connectivity index (χ0n) is 15.4. The van der Waals surface area contributed by atoms with E-state index in [-0.39, 0.29) is 22.1 Å². The topological polar surface area (TPSA) is 104 Å². The molecule has 0 fully saturated rings. The predicted molar refractivity (Wildman–Crippen MR) is 109 cm³/mol. The Kier molecular flexibility index (Phi) is 5.66. The molecule has 3 atom stereocenters. The zero-order chi connectivity index (χ0) is 21.2. The minimum atomic E-state index is -1.70. The lowest BCUT2D eigenvalue weighted by atomic mass is 9.83. The Labute approximate surface area is 170 Å². The van der Waals surface area contributed by atoms with Gasteiger partial charge in [0.05, 0.1) is 5.56 Å². The Bertz CT molecular complexity index is 1030. The van der Waals surface area contributed by atoms with Crippen molar-refractivity contribution in [3.63, 3.8) is 0 Å². The molecule has 29 heavy (non-hydrogen) atoms. The third-order valence-electron chi connectivity index (χ3n) is 4.53. The number of benzene rings is 1. The summed E-state index contributed by atoms with van der Waals surface area (Å²) in [5.74, 6) is -1.26. The second-order valence-electron chi connectivity index (χ2n) is 6.40. The molecule has 6 nitrogen and oxygen atoms in total. The fourth-order valence-electron chi connectivity index (χ4n) is 3.05. The number of nitrogens with two attached hydrogens (primary N) is 1. The monoisotopic (exact) mass is 413 g/mol. The van der Waals surface area contributed by atoms with Crippen LogP contribution in [0.15, 0.2) is 54.2 Å². The molecule has 2 heterocycles. The lowest BCUT2D eigenvalue weighted by molar-refractivity contribution is 0.102. The number of amidine groups is 1. The summed E-state index contributed by atoms with van der Waals surface area (Å²) in [6.45, 7) is 5.28. The average molecular weight is 413 g/mol. The predicted octanol–water partition coefficient (Wildman–Crippen LogP) is 3.51. The number of thioether (sulfide) groups is 1. The molecule has 1 aromatic heterocycles. The Morgan fingerprint density at radius 2 is 2.21 bits per heavy atom. The van der Waals surface area contributed by atoms with Crippen LogP contribution in [0.2, 0.25) is 0 Å². The number of pyridine rings is 1. The Morgan fingerprint density at radius 3 is 2.83 bits per heavy atom. The van der Waals surface area contributed by atoms with E-state index < -0.39 is 28.7 Å². The third kappa shape index (κ3) is 3.84. The third-order valence-corrected chi connectivity index (χ3v) is 5.47. The number of aliphatic imine (C=N–C) groups is 1. The highest BCUT2D eigenvalue weighted by molar-refractivity contribution is 8.14. The van der Waals surface area contributed by atoms with Crippen LogP contribution in [0, 0.1) is 17.1 Å². The number of amides is 1.